The van der Waals surface area contributed by atoms with Crippen molar-refractivity contribution in [3.8, 4) is 5.75 Å². The first-order valence-electron chi connectivity index (χ1n) is 5.11. The molecule has 1 aliphatic heterocycles. The number of rotatable bonds is 5. The molecule has 1 fully saturated rings. The highest BCUT2D eigenvalue weighted by molar-refractivity contribution is 5.97. The van der Waals surface area contributed by atoms with Crippen molar-refractivity contribution in [2.24, 2.45) is 0 Å². The Balaban J connectivity index is 2.23. The maximum atomic E-state index is 11.4. The number of nitro benzene ring substituents is 1. The Bertz CT molecular complexity index is 467. The molecule has 0 radical (unpaired) electrons. The van der Waals surface area contributed by atoms with E-state index in [1.54, 1.807) is 0 Å². The summed E-state index contributed by atoms with van der Waals surface area (Å²) >= 11 is 0. The Morgan fingerprint density at radius 2 is 2.35 bits per heavy atom. The van der Waals surface area contributed by atoms with E-state index in [0.717, 1.165) is 0 Å². The number of epoxide rings is 1. The summed E-state index contributed by atoms with van der Waals surface area (Å²) in [6.07, 6.45) is 0.0741. The number of carbonyl (C=O) groups excluding carboxylic acids is 1. The van der Waals surface area contributed by atoms with Crippen LogP contribution in [0.5, 0.6) is 5.75 Å². The monoisotopic (exact) mass is 237 g/mol. The van der Waals surface area contributed by atoms with Gasteiger partial charge in [-0.3, -0.25) is 14.9 Å². The molecule has 0 unspecified atom stereocenters. The van der Waals surface area contributed by atoms with Gasteiger partial charge < -0.3 is 9.47 Å². The van der Waals surface area contributed by atoms with Crippen molar-refractivity contribution < 1.29 is 19.2 Å². The number of Topliss-reactive ketones (excluding diaryl/α,β-unsaturated/α-hetero) is 1. The van der Waals surface area contributed by atoms with E-state index in [4.69, 9.17) is 9.47 Å². The number of non-ortho nitro benzene ring substituents is 1. The van der Waals surface area contributed by atoms with Crippen LogP contribution in [0.3, 0.4) is 0 Å². The molecule has 1 atom stereocenters. The molecule has 0 amide bonds. The van der Waals surface area contributed by atoms with Crippen LogP contribution < -0.4 is 4.74 Å². The second kappa shape index (κ2) is 4.50. The summed E-state index contributed by atoms with van der Waals surface area (Å²) in [5.41, 5.74) is 0.102. The van der Waals surface area contributed by atoms with Gasteiger partial charge in [-0.15, -0.1) is 0 Å². The highest BCUT2D eigenvalue weighted by Gasteiger charge is 2.24. The van der Waals surface area contributed by atoms with E-state index in [2.05, 4.69) is 0 Å². The van der Waals surface area contributed by atoms with E-state index in [-0.39, 0.29) is 23.1 Å². The van der Waals surface area contributed by atoms with Crippen molar-refractivity contribution in [2.45, 2.75) is 13.0 Å². The van der Waals surface area contributed by atoms with E-state index in [1.165, 1.54) is 25.1 Å². The Morgan fingerprint density at radius 3 is 2.88 bits per heavy atom. The van der Waals surface area contributed by atoms with E-state index in [0.29, 0.717) is 19.0 Å². The topological polar surface area (TPSA) is 82.0 Å². The maximum absolute atomic E-state index is 11.4. The van der Waals surface area contributed by atoms with Crippen LogP contribution in [-0.4, -0.2) is 30.0 Å². The Morgan fingerprint density at radius 1 is 1.65 bits per heavy atom. The lowest BCUT2D eigenvalue weighted by molar-refractivity contribution is -0.384. The third-order valence-electron chi connectivity index (χ3n) is 2.38. The van der Waals surface area contributed by atoms with Crippen LogP contribution in [0.4, 0.5) is 5.69 Å². The highest BCUT2D eigenvalue weighted by atomic mass is 16.6. The van der Waals surface area contributed by atoms with Crippen LogP contribution in [0.1, 0.15) is 17.3 Å². The van der Waals surface area contributed by atoms with Crippen LogP contribution in [0, 0.1) is 10.1 Å². The number of nitrogens with zero attached hydrogens (tertiary/aromatic N) is 1. The molecule has 1 aliphatic rings. The summed E-state index contributed by atoms with van der Waals surface area (Å²) in [5, 5.41) is 10.6. The third-order valence-corrected chi connectivity index (χ3v) is 2.38. The van der Waals surface area contributed by atoms with E-state index in [1.807, 2.05) is 0 Å². The molecule has 0 aromatic heterocycles. The number of carbonyl (C=O) groups is 1. The number of ketones is 1. The molecule has 0 spiro atoms. The first kappa shape index (κ1) is 11.5. The van der Waals surface area contributed by atoms with Crippen LogP contribution in [0.15, 0.2) is 18.2 Å². The van der Waals surface area contributed by atoms with Crippen LogP contribution in [0.2, 0.25) is 0 Å². The smallest absolute Gasteiger partial charge is 0.270 e. The SMILES string of the molecule is CC(=O)c1cc([N+](=O)[O-])ccc1OC[C@H]1CO1. The summed E-state index contributed by atoms with van der Waals surface area (Å²) in [6, 6.07) is 3.98. The zero-order valence-electron chi connectivity index (χ0n) is 9.21. The molecule has 1 aromatic carbocycles. The first-order chi connectivity index (χ1) is 8.08. The second-order valence-corrected chi connectivity index (χ2v) is 3.76. The highest BCUT2D eigenvalue weighted by Crippen LogP contribution is 2.25. The van der Waals surface area contributed by atoms with Crippen molar-refractivity contribution in [3.63, 3.8) is 0 Å². The lowest BCUT2D eigenvalue weighted by Gasteiger charge is -2.08. The van der Waals surface area contributed by atoms with Crippen molar-refractivity contribution in [1.29, 1.82) is 0 Å². The summed E-state index contributed by atoms with van der Waals surface area (Å²) in [4.78, 5) is 21.4. The van der Waals surface area contributed by atoms with Crippen LogP contribution in [-0.2, 0) is 4.74 Å². The number of ether oxygens (including phenoxy) is 2. The van der Waals surface area contributed by atoms with E-state index < -0.39 is 4.92 Å². The summed E-state index contributed by atoms with van der Waals surface area (Å²) in [6.45, 7) is 2.36. The van der Waals surface area contributed by atoms with Crippen molar-refractivity contribution >= 4 is 11.5 Å². The average Bonchev–Trinajstić information content (AvgIpc) is 3.09. The van der Waals surface area contributed by atoms with E-state index in [9.17, 15) is 14.9 Å². The quantitative estimate of drug-likeness (QED) is 0.336. The standard InChI is InChI=1S/C11H11NO5/c1-7(13)10-4-8(12(14)15)2-3-11(10)17-6-9-5-16-9/h2-4,9H,5-6H2,1H3/t9-/m1/s1. The molecule has 0 aliphatic carbocycles. The van der Waals surface area contributed by atoms with Gasteiger partial charge in [0.25, 0.3) is 5.69 Å². The third kappa shape index (κ3) is 2.79. The van der Waals surface area contributed by atoms with Gasteiger partial charge in [0.2, 0.25) is 0 Å². The van der Waals surface area contributed by atoms with Gasteiger partial charge in [0.1, 0.15) is 18.5 Å². The largest absolute Gasteiger partial charge is 0.490 e. The molecular weight excluding hydrogens is 226 g/mol. The fourth-order valence-corrected chi connectivity index (χ4v) is 1.38. The van der Waals surface area contributed by atoms with Gasteiger partial charge in [-0.2, -0.15) is 0 Å². The molecule has 1 aromatic rings. The molecular formula is C11H11NO5. The minimum Gasteiger partial charge on any atom is -0.490 e. The van der Waals surface area contributed by atoms with Gasteiger partial charge in [0.15, 0.2) is 5.78 Å². The van der Waals surface area contributed by atoms with Crippen molar-refractivity contribution in [1.82, 2.24) is 0 Å². The fourth-order valence-electron chi connectivity index (χ4n) is 1.38. The Kier molecular flexibility index (Phi) is 3.06. The Hall–Kier alpha value is -1.95. The lowest BCUT2D eigenvalue weighted by atomic mass is 10.1. The van der Waals surface area contributed by atoms with Crippen molar-refractivity contribution in [3.05, 3.63) is 33.9 Å². The molecule has 6 nitrogen and oxygen atoms in total. The van der Waals surface area contributed by atoms with Gasteiger partial charge in [0.05, 0.1) is 17.1 Å². The lowest BCUT2D eigenvalue weighted by Crippen LogP contribution is -2.07. The molecule has 90 valence electrons. The van der Waals surface area contributed by atoms with Crippen LogP contribution in [0.25, 0.3) is 0 Å². The molecule has 2 rings (SSSR count). The fraction of sp³-hybridized carbons (Fsp3) is 0.364. The van der Waals surface area contributed by atoms with Crippen LogP contribution >= 0.6 is 0 Å². The molecule has 0 bridgehead atoms. The van der Waals surface area contributed by atoms with Gasteiger partial charge in [-0.25, -0.2) is 0 Å². The van der Waals surface area contributed by atoms with Gasteiger partial charge in [-0.1, -0.05) is 0 Å². The number of nitro groups is 1. The zero-order valence-corrected chi connectivity index (χ0v) is 9.21. The van der Waals surface area contributed by atoms with Gasteiger partial charge in [0, 0.05) is 12.1 Å². The van der Waals surface area contributed by atoms with E-state index >= 15 is 0 Å². The normalized spacial score (nSPS) is 17.6. The predicted octanol–water partition coefficient (Wildman–Crippen LogP) is 1.58. The summed E-state index contributed by atoms with van der Waals surface area (Å²) in [7, 11) is 0. The molecule has 6 heteroatoms. The van der Waals surface area contributed by atoms with Gasteiger partial charge >= 0.3 is 0 Å². The number of hydrogen-bond donors (Lipinski definition) is 0. The zero-order chi connectivity index (χ0) is 12.4. The molecule has 0 N–H and O–H groups in total. The summed E-state index contributed by atoms with van der Waals surface area (Å²) in [5.74, 6) is 0.0963. The Labute approximate surface area is 97.3 Å². The van der Waals surface area contributed by atoms with Gasteiger partial charge in [-0.05, 0) is 13.0 Å². The average molecular weight is 237 g/mol. The van der Waals surface area contributed by atoms with Crippen molar-refractivity contribution in [2.75, 3.05) is 13.2 Å². The number of hydrogen-bond acceptors (Lipinski definition) is 5. The first-order valence-corrected chi connectivity index (χ1v) is 5.11. The predicted molar refractivity (Wildman–Crippen MR) is 58.3 cm³/mol. The molecule has 0 saturated carbocycles. The maximum Gasteiger partial charge on any atom is 0.270 e. The molecule has 17 heavy (non-hydrogen) atoms. The summed E-state index contributed by atoms with van der Waals surface area (Å²) < 4.78 is 10.4. The minimum atomic E-state index is -0.541. The molecule has 1 saturated heterocycles. The second-order valence-electron chi connectivity index (χ2n) is 3.76. The molecule has 1 heterocycles. The minimum absolute atomic E-state index is 0.0741. The number of benzene rings is 1.